The predicted octanol–water partition coefficient (Wildman–Crippen LogP) is 2.52. The number of nitrogens with zero attached hydrogens (tertiary/aromatic N) is 2. The van der Waals surface area contributed by atoms with E-state index in [0.29, 0.717) is 24.2 Å². The molecule has 1 aromatic carbocycles. The summed E-state index contributed by atoms with van der Waals surface area (Å²) < 4.78 is 15.7. The molecule has 1 aliphatic heterocycles. The Balaban J connectivity index is 1.76. The normalized spacial score (nSPS) is 17.0. The minimum absolute atomic E-state index is 0.309. The van der Waals surface area contributed by atoms with Crippen LogP contribution in [-0.4, -0.2) is 37.9 Å². The van der Waals surface area contributed by atoms with Gasteiger partial charge >= 0.3 is 0 Å². The van der Waals surface area contributed by atoms with Crippen LogP contribution < -0.4 is 5.32 Å². The van der Waals surface area contributed by atoms with E-state index in [9.17, 15) is 14.3 Å². The summed E-state index contributed by atoms with van der Waals surface area (Å²) in [6.45, 7) is 1.87. The van der Waals surface area contributed by atoms with E-state index < -0.39 is 17.3 Å². The molecule has 5 nitrogen and oxygen atoms in total. The Hall–Kier alpha value is -1.86. The summed E-state index contributed by atoms with van der Waals surface area (Å²) in [6.07, 6.45) is 4.19. The van der Waals surface area contributed by atoms with Crippen molar-refractivity contribution in [3.8, 4) is 5.69 Å². The van der Waals surface area contributed by atoms with Crippen LogP contribution in [0.2, 0.25) is 0 Å². The minimum atomic E-state index is -1.36. The number of rotatable bonds is 3. The lowest BCUT2D eigenvalue weighted by Gasteiger charge is -2.30. The Labute approximate surface area is 137 Å². The first-order valence-corrected chi connectivity index (χ1v) is 8.56. The van der Waals surface area contributed by atoms with Gasteiger partial charge in [0.25, 0.3) is 5.91 Å². The fourth-order valence-corrected chi connectivity index (χ4v) is 3.67. The van der Waals surface area contributed by atoms with E-state index in [4.69, 9.17) is 0 Å². The third-order valence-corrected chi connectivity index (χ3v) is 4.89. The Morgan fingerprint density at radius 1 is 1.43 bits per heavy atom. The van der Waals surface area contributed by atoms with Crippen molar-refractivity contribution in [2.45, 2.75) is 25.4 Å². The van der Waals surface area contributed by atoms with Gasteiger partial charge in [0, 0.05) is 11.9 Å². The van der Waals surface area contributed by atoms with Crippen LogP contribution in [0.3, 0.4) is 0 Å². The number of thioether (sulfide) groups is 1. The molecular formula is C16H18FN3O2S. The topological polar surface area (TPSA) is 67.2 Å². The average molecular weight is 335 g/mol. The van der Waals surface area contributed by atoms with Crippen molar-refractivity contribution in [2.75, 3.05) is 16.8 Å². The van der Waals surface area contributed by atoms with Gasteiger partial charge in [-0.05, 0) is 55.0 Å². The van der Waals surface area contributed by atoms with Gasteiger partial charge in [-0.2, -0.15) is 16.9 Å². The van der Waals surface area contributed by atoms with E-state index in [-0.39, 0.29) is 0 Å². The summed E-state index contributed by atoms with van der Waals surface area (Å²) in [5.74, 6) is 0.531. The lowest BCUT2D eigenvalue weighted by atomic mass is 9.95. The number of aryl methyl sites for hydroxylation is 1. The van der Waals surface area contributed by atoms with Crippen LogP contribution in [-0.2, 0) is 4.79 Å². The number of carbonyl (C=O) groups is 1. The first-order chi connectivity index (χ1) is 11.0. The second-order valence-electron chi connectivity index (χ2n) is 5.73. The zero-order valence-electron chi connectivity index (χ0n) is 12.8. The minimum Gasteiger partial charge on any atom is -0.380 e. The van der Waals surface area contributed by atoms with Gasteiger partial charge in [0.2, 0.25) is 0 Å². The summed E-state index contributed by atoms with van der Waals surface area (Å²) in [4.78, 5) is 12.2. The molecule has 2 aromatic rings. The maximum Gasteiger partial charge on any atom is 0.256 e. The molecule has 1 amide bonds. The van der Waals surface area contributed by atoms with Gasteiger partial charge in [-0.15, -0.1) is 0 Å². The predicted molar refractivity (Wildman–Crippen MR) is 88.4 cm³/mol. The molecule has 1 fully saturated rings. The van der Waals surface area contributed by atoms with Gasteiger partial charge in [-0.1, -0.05) is 0 Å². The fourth-order valence-electron chi connectivity index (χ4n) is 2.50. The maximum atomic E-state index is 14.3. The number of halogens is 1. The standard InChI is InChI=1S/C16H18FN3O2S/c1-11-9-18-20(10-11)14-3-2-12(8-13(14)17)19-15(21)16(22)4-6-23-7-5-16/h2-3,8-10,22H,4-7H2,1H3,(H,19,21). The molecule has 0 radical (unpaired) electrons. The number of carbonyl (C=O) groups excluding carboxylic acids is 1. The lowest BCUT2D eigenvalue weighted by molar-refractivity contribution is -0.134. The summed E-state index contributed by atoms with van der Waals surface area (Å²) >= 11 is 1.72. The maximum absolute atomic E-state index is 14.3. The van der Waals surface area contributed by atoms with E-state index in [1.165, 1.54) is 10.7 Å². The third kappa shape index (κ3) is 3.40. The van der Waals surface area contributed by atoms with Gasteiger partial charge in [0.05, 0.1) is 6.20 Å². The number of hydrogen-bond acceptors (Lipinski definition) is 4. The molecule has 3 rings (SSSR count). The van der Waals surface area contributed by atoms with Crippen molar-refractivity contribution < 1.29 is 14.3 Å². The Morgan fingerprint density at radius 3 is 2.78 bits per heavy atom. The molecule has 1 saturated heterocycles. The van der Waals surface area contributed by atoms with Gasteiger partial charge in [0.1, 0.15) is 11.3 Å². The van der Waals surface area contributed by atoms with Crippen molar-refractivity contribution >= 4 is 23.4 Å². The van der Waals surface area contributed by atoms with Gasteiger partial charge in [0.15, 0.2) is 5.82 Å². The number of hydrogen-bond donors (Lipinski definition) is 2. The molecular weight excluding hydrogens is 317 g/mol. The average Bonchev–Trinajstić information content (AvgIpc) is 2.94. The van der Waals surface area contributed by atoms with Crippen molar-refractivity contribution in [1.82, 2.24) is 9.78 Å². The Kier molecular flexibility index (Phi) is 4.41. The molecule has 1 aromatic heterocycles. The number of nitrogens with one attached hydrogen (secondary N) is 1. The number of anilines is 1. The van der Waals surface area contributed by atoms with E-state index in [2.05, 4.69) is 10.4 Å². The zero-order valence-corrected chi connectivity index (χ0v) is 13.6. The second kappa shape index (κ2) is 6.33. The monoisotopic (exact) mass is 335 g/mol. The van der Waals surface area contributed by atoms with Crippen molar-refractivity contribution in [3.63, 3.8) is 0 Å². The van der Waals surface area contributed by atoms with Crippen LogP contribution in [0.15, 0.2) is 30.6 Å². The lowest BCUT2D eigenvalue weighted by Crippen LogP contribution is -2.45. The van der Waals surface area contributed by atoms with Crippen molar-refractivity contribution in [3.05, 3.63) is 42.0 Å². The van der Waals surface area contributed by atoms with E-state index in [0.717, 1.165) is 17.1 Å². The fraction of sp³-hybridized carbons (Fsp3) is 0.375. The van der Waals surface area contributed by atoms with Crippen LogP contribution in [0.25, 0.3) is 5.69 Å². The highest BCUT2D eigenvalue weighted by Gasteiger charge is 2.37. The number of benzene rings is 1. The first kappa shape index (κ1) is 16.0. The van der Waals surface area contributed by atoms with Gasteiger partial charge in [-0.3, -0.25) is 4.79 Å². The molecule has 7 heteroatoms. The van der Waals surface area contributed by atoms with Crippen molar-refractivity contribution in [2.24, 2.45) is 0 Å². The quantitative estimate of drug-likeness (QED) is 0.904. The second-order valence-corrected chi connectivity index (χ2v) is 6.95. The number of aliphatic hydroxyl groups is 1. The molecule has 0 aliphatic carbocycles. The summed E-state index contributed by atoms with van der Waals surface area (Å²) in [6, 6.07) is 4.40. The smallest absolute Gasteiger partial charge is 0.256 e. The molecule has 2 N–H and O–H groups in total. The van der Waals surface area contributed by atoms with Gasteiger partial charge < -0.3 is 10.4 Å². The molecule has 0 spiro atoms. The highest BCUT2D eigenvalue weighted by Crippen LogP contribution is 2.28. The van der Waals surface area contributed by atoms with E-state index in [1.807, 2.05) is 6.92 Å². The molecule has 0 atom stereocenters. The third-order valence-electron chi connectivity index (χ3n) is 3.91. The molecule has 122 valence electrons. The molecule has 2 heterocycles. The van der Waals surface area contributed by atoms with Crippen LogP contribution in [0.1, 0.15) is 18.4 Å². The highest BCUT2D eigenvalue weighted by atomic mass is 32.2. The number of amides is 1. The first-order valence-electron chi connectivity index (χ1n) is 7.41. The van der Waals surface area contributed by atoms with E-state index >= 15 is 0 Å². The Bertz CT molecular complexity index is 726. The van der Waals surface area contributed by atoms with Crippen molar-refractivity contribution in [1.29, 1.82) is 0 Å². The highest BCUT2D eigenvalue weighted by molar-refractivity contribution is 7.99. The molecule has 0 saturated carbocycles. The van der Waals surface area contributed by atoms with Gasteiger partial charge in [-0.25, -0.2) is 9.07 Å². The zero-order chi connectivity index (χ0) is 16.4. The van der Waals surface area contributed by atoms with Crippen LogP contribution in [0.5, 0.6) is 0 Å². The largest absolute Gasteiger partial charge is 0.380 e. The van der Waals surface area contributed by atoms with Crippen LogP contribution in [0, 0.1) is 12.7 Å². The summed E-state index contributed by atoms with van der Waals surface area (Å²) in [7, 11) is 0. The molecule has 0 unspecified atom stereocenters. The summed E-state index contributed by atoms with van der Waals surface area (Å²) in [5, 5.41) is 17.1. The molecule has 0 bridgehead atoms. The van der Waals surface area contributed by atoms with Crippen LogP contribution in [0.4, 0.5) is 10.1 Å². The number of aromatic nitrogens is 2. The van der Waals surface area contributed by atoms with Crippen LogP contribution >= 0.6 is 11.8 Å². The molecule has 1 aliphatic rings. The Morgan fingerprint density at radius 2 is 2.17 bits per heavy atom. The molecule has 23 heavy (non-hydrogen) atoms. The SMILES string of the molecule is Cc1cnn(-c2ccc(NC(=O)C3(O)CCSCC3)cc2F)c1. The summed E-state index contributed by atoms with van der Waals surface area (Å²) in [5.41, 5.74) is 0.203. The van der Waals surface area contributed by atoms with E-state index in [1.54, 1.807) is 36.3 Å².